The summed E-state index contributed by atoms with van der Waals surface area (Å²) in [6, 6.07) is 0. The Morgan fingerprint density at radius 2 is 2.00 bits per heavy atom. The molecule has 0 bridgehead atoms. The average Bonchev–Trinajstić information content (AvgIpc) is 2.21. The van der Waals surface area contributed by atoms with Crippen LogP contribution in [0.3, 0.4) is 0 Å². The van der Waals surface area contributed by atoms with Gasteiger partial charge in [-0.1, -0.05) is 5.16 Å². The standard InChI is InChI=1S/C9H18F3N3OS/c1-8(2,17-3)5-14-4-6(7(13)15-16)9(10,11)12/h6,14,16H,4-5H2,1-3H3,(H2,13,15). The van der Waals surface area contributed by atoms with Gasteiger partial charge in [0.1, 0.15) is 5.92 Å². The summed E-state index contributed by atoms with van der Waals surface area (Å²) < 4.78 is 37.5. The van der Waals surface area contributed by atoms with Crippen LogP contribution in [0.2, 0.25) is 0 Å². The van der Waals surface area contributed by atoms with Crippen molar-refractivity contribution in [2.75, 3.05) is 19.3 Å². The van der Waals surface area contributed by atoms with Gasteiger partial charge in [0, 0.05) is 17.8 Å². The number of nitrogens with one attached hydrogen (secondary N) is 1. The minimum atomic E-state index is -4.52. The topological polar surface area (TPSA) is 70.6 Å². The Kier molecular flexibility index (Phi) is 6.11. The third-order valence-corrected chi connectivity index (χ3v) is 3.57. The molecule has 0 aliphatic rings. The van der Waals surface area contributed by atoms with Gasteiger partial charge in [-0.05, 0) is 20.1 Å². The molecule has 0 aliphatic heterocycles. The smallest absolute Gasteiger partial charge is 0.400 e. The maximum atomic E-state index is 12.5. The Morgan fingerprint density at radius 3 is 2.35 bits per heavy atom. The van der Waals surface area contributed by atoms with Crippen molar-refractivity contribution in [3.8, 4) is 0 Å². The van der Waals surface area contributed by atoms with E-state index in [4.69, 9.17) is 10.9 Å². The summed E-state index contributed by atoms with van der Waals surface area (Å²) in [6.07, 6.45) is -2.64. The maximum absolute atomic E-state index is 12.5. The lowest BCUT2D eigenvalue weighted by Gasteiger charge is -2.25. The number of hydrogen-bond donors (Lipinski definition) is 3. The second-order valence-electron chi connectivity index (χ2n) is 4.21. The Hall–Kier alpha value is -0.630. The van der Waals surface area contributed by atoms with Crippen molar-refractivity contribution in [2.45, 2.75) is 24.8 Å². The van der Waals surface area contributed by atoms with E-state index in [2.05, 4.69) is 10.5 Å². The Morgan fingerprint density at radius 1 is 1.47 bits per heavy atom. The fraction of sp³-hybridized carbons (Fsp3) is 0.889. The molecule has 4 N–H and O–H groups in total. The summed E-state index contributed by atoms with van der Waals surface area (Å²) in [5.74, 6) is -2.79. The first-order chi connectivity index (χ1) is 7.64. The number of alkyl halides is 3. The minimum absolute atomic E-state index is 0.165. The predicted molar refractivity (Wildman–Crippen MR) is 63.4 cm³/mol. The second-order valence-corrected chi connectivity index (χ2v) is 5.73. The van der Waals surface area contributed by atoms with E-state index >= 15 is 0 Å². The van der Waals surface area contributed by atoms with E-state index in [1.165, 1.54) is 0 Å². The largest absolute Gasteiger partial charge is 0.409 e. The third-order valence-electron chi connectivity index (χ3n) is 2.32. The molecule has 1 unspecified atom stereocenters. The van der Waals surface area contributed by atoms with Crippen LogP contribution < -0.4 is 11.1 Å². The molecular weight excluding hydrogens is 255 g/mol. The lowest BCUT2D eigenvalue weighted by molar-refractivity contribution is -0.154. The highest BCUT2D eigenvalue weighted by atomic mass is 32.2. The molecule has 0 fully saturated rings. The lowest BCUT2D eigenvalue weighted by Crippen LogP contribution is -2.45. The van der Waals surface area contributed by atoms with E-state index in [0.717, 1.165) is 0 Å². The SMILES string of the molecule is CSC(C)(C)CNCC(C(N)=NO)C(F)(F)F. The molecule has 0 aromatic rings. The van der Waals surface area contributed by atoms with Crippen LogP contribution in [0.5, 0.6) is 0 Å². The number of hydrogen-bond acceptors (Lipinski definition) is 4. The summed E-state index contributed by atoms with van der Waals surface area (Å²) in [5, 5.41) is 13.4. The third kappa shape index (κ3) is 6.02. The van der Waals surface area contributed by atoms with Gasteiger partial charge >= 0.3 is 6.18 Å². The highest BCUT2D eigenvalue weighted by Gasteiger charge is 2.42. The number of halogens is 3. The zero-order chi connectivity index (χ0) is 13.7. The van der Waals surface area contributed by atoms with E-state index in [1.54, 1.807) is 11.8 Å². The fourth-order valence-electron chi connectivity index (χ4n) is 1.05. The van der Waals surface area contributed by atoms with E-state index in [9.17, 15) is 13.2 Å². The fourth-order valence-corrected chi connectivity index (χ4v) is 1.29. The van der Waals surface area contributed by atoms with E-state index in [-0.39, 0.29) is 4.75 Å². The molecule has 1 atom stereocenters. The van der Waals surface area contributed by atoms with Gasteiger partial charge < -0.3 is 16.3 Å². The van der Waals surface area contributed by atoms with Crippen LogP contribution in [0, 0.1) is 5.92 Å². The first-order valence-electron chi connectivity index (χ1n) is 4.94. The molecule has 0 rings (SSSR count). The molecule has 0 aliphatic carbocycles. The number of nitrogens with zero attached hydrogens (tertiary/aromatic N) is 1. The van der Waals surface area contributed by atoms with Crippen molar-refractivity contribution in [2.24, 2.45) is 16.8 Å². The molecule has 8 heteroatoms. The first-order valence-corrected chi connectivity index (χ1v) is 6.16. The molecule has 0 saturated heterocycles. The Bertz CT molecular complexity index is 269. The quantitative estimate of drug-likeness (QED) is 0.298. The van der Waals surface area contributed by atoms with Crippen molar-refractivity contribution in [3.05, 3.63) is 0 Å². The van der Waals surface area contributed by atoms with E-state index < -0.39 is 24.5 Å². The molecule has 0 amide bonds. The summed E-state index contributed by atoms with van der Waals surface area (Å²) in [6.45, 7) is 3.83. The first kappa shape index (κ1) is 16.4. The average molecular weight is 273 g/mol. The molecule has 17 heavy (non-hydrogen) atoms. The van der Waals surface area contributed by atoms with Gasteiger partial charge in [0.05, 0.1) is 0 Å². The van der Waals surface area contributed by atoms with E-state index in [0.29, 0.717) is 6.54 Å². The maximum Gasteiger partial charge on any atom is 0.400 e. The van der Waals surface area contributed by atoms with Gasteiger partial charge in [-0.15, -0.1) is 0 Å². The highest BCUT2D eigenvalue weighted by molar-refractivity contribution is 7.99. The van der Waals surface area contributed by atoms with Crippen LogP contribution in [0.1, 0.15) is 13.8 Å². The number of rotatable bonds is 6. The number of oxime groups is 1. The van der Waals surface area contributed by atoms with Crippen LogP contribution in [0.4, 0.5) is 13.2 Å². The van der Waals surface area contributed by atoms with Gasteiger partial charge in [0.25, 0.3) is 0 Å². The zero-order valence-electron chi connectivity index (χ0n) is 10.0. The van der Waals surface area contributed by atoms with Crippen LogP contribution >= 0.6 is 11.8 Å². The molecule has 0 radical (unpaired) electrons. The molecule has 0 heterocycles. The number of thioether (sulfide) groups is 1. The molecule has 0 aromatic carbocycles. The van der Waals surface area contributed by atoms with Crippen molar-refractivity contribution in [1.82, 2.24) is 5.32 Å². The van der Waals surface area contributed by atoms with E-state index in [1.807, 2.05) is 20.1 Å². The van der Waals surface area contributed by atoms with Gasteiger partial charge in [-0.2, -0.15) is 24.9 Å². The van der Waals surface area contributed by atoms with Gasteiger partial charge in [0.2, 0.25) is 0 Å². The Balaban J connectivity index is 4.40. The normalized spacial score (nSPS) is 16.0. The van der Waals surface area contributed by atoms with Gasteiger partial charge in [-0.25, -0.2) is 0 Å². The monoisotopic (exact) mass is 273 g/mol. The summed E-state index contributed by atoms with van der Waals surface area (Å²) in [4.78, 5) is 0. The second kappa shape index (κ2) is 6.34. The highest BCUT2D eigenvalue weighted by Crippen LogP contribution is 2.26. The number of nitrogens with two attached hydrogens (primary N) is 1. The van der Waals surface area contributed by atoms with Crippen LogP contribution in [0.15, 0.2) is 5.16 Å². The molecule has 102 valence electrons. The summed E-state index contributed by atoms with van der Waals surface area (Å²) >= 11 is 1.55. The van der Waals surface area contributed by atoms with Crippen LogP contribution in [0.25, 0.3) is 0 Å². The zero-order valence-corrected chi connectivity index (χ0v) is 10.8. The molecule has 0 saturated carbocycles. The molecule has 0 aromatic heterocycles. The summed E-state index contributed by atoms with van der Waals surface area (Å²) in [5.41, 5.74) is 5.02. The van der Waals surface area contributed by atoms with Gasteiger partial charge in [0.15, 0.2) is 5.84 Å². The van der Waals surface area contributed by atoms with Crippen LogP contribution in [-0.4, -0.2) is 41.3 Å². The van der Waals surface area contributed by atoms with Crippen molar-refractivity contribution in [1.29, 1.82) is 0 Å². The van der Waals surface area contributed by atoms with Gasteiger partial charge in [-0.3, -0.25) is 0 Å². The Labute approximate surface area is 103 Å². The van der Waals surface area contributed by atoms with Crippen molar-refractivity contribution in [3.63, 3.8) is 0 Å². The predicted octanol–water partition coefficient (Wildman–Crippen LogP) is 1.64. The van der Waals surface area contributed by atoms with Crippen molar-refractivity contribution >= 4 is 17.6 Å². The molecule has 4 nitrogen and oxygen atoms in total. The van der Waals surface area contributed by atoms with Crippen LogP contribution in [-0.2, 0) is 0 Å². The molecule has 0 spiro atoms. The minimum Gasteiger partial charge on any atom is -0.409 e. The summed E-state index contributed by atoms with van der Waals surface area (Å²) in [7, 11) is 0. The van der Waals surface area contributed by atoms with Crippen molar-refractivity contribution < 1.29 is 18.4 Å². The number of amidine groups is 1. The lowest BCUT2D eigenvalue weighted by atomic mass is 10.1. The molecular formula is C9H18F3N3OS.